The van der Waals surface area contributed by atoms with Crippen LogP contribution in [-0.4, -0.2) is 25.7 Å². The van der Waals surface area contributed by atoms with Gasteiger partial charge < -0.3 is 14.8 Å². The summed E-state index contributed by atoms with van der Waals surface area (Å²) in [7, 11) is 0. The van der Waals surface area contributed by atoms with Crippen molar-refractivity contribution < 1.29 is 14.3 Å². The molecule has 4 nitrogen and oxygen atoms in total. The molecule has 20 heavy (non-hydrogen) atoms. The van der Waals surface area contributed by atoms with Gasteiger partial charge in [-0.25, -0.2) is 0 Å². The highest BCUT2D eigenvalue weighted by Gasteiger charge is 2.28. The van der Waals surface area contributed by atoms with Crippen LogP contribution in [0.2, 0.25) is 0 Å². The third-order valence-corrected chi connectivity index (χ3v) is 3.27. The van der Waals surface area contributed by atoms with Crippen molar-refractivity contribution in [3.63, 3.8) is 0 Å². The molecule has 0 unspecified atom stereocenters. The predicted molar refractivity (Wildman–Crippen MR) is 78.2 cm³/mol. The Morgan fingerprint density at radius 2 is 1.90 bits per heavy atom. The molecule has 1 fully saturated rings. The highest BCUT2D eigenvalue weighted by Crippen LogP contribution is 2.29. The summed E-state index contributed by atoms with van der Waals surface area (Å²) >= 11 is 0. The molecule has 1 N–H and O–H groups in total. The van der Waals surface area contributed by atoms with E-state index in [1.54, 1.807) is 0 Å². The average molecular weight is 277 g/mol. The number of ether oxygens (including phenoxy) is 2. The summed E-state index contributed by atoms with van der Waals surface area (Å²) in [6.07, 6.45) is 2.90. The number of benzene rings is 1. The topological polar surface area (TPSA) is 47.6 Å². The van der Waals surface area contributed by atoms with E-state index in [4.69, 9.17) is 9.47 Å². The standard InChI is InChI=1S/C16H23NO3/c1-3-19-14-8-5-12(11-15(14)20-4-2)9-10-17-16(18)13-6-7-13/h5,8,11,13H,3-4,6-7,9-10H2,1-2H3,(H,17,18). The van der Waals surface area contributed by atoms with Crippen molar-refractivity contribution in [2.45, 2.75) is 33.1 Å². The summed E-state index contributed by atoms with van der Waals surface area (Å²) < 4.78 is 11.1. The summed E-state index contributed by atoms with van der Waals surface area (Å²) in [6.45, 7) is 5.82. The van der Waals surface area contributed by atoms with Gasteiger partial charge in [-0.15, -0.1) is 0 Å². The molecule has 1 aliphatic rings. The summed E-state index contributed by atoms with van der Waals surface area (Å²) in [6, 6.07) is 5.96. The molecular weight excluding hydrogens is 254 g/mol. The van der Waals surface area contributed by atoms with Crippen molar-refractivity contribution in [3.05, 3.63) is 23.8 Å². The maximum atomic E-state index is 11.5. The highest BCUT2D eigenvalue weighted by molar-refractivity contribution is 5.80. The van der Waals surface area contributed by atoms with E-state index < -0.39 is 0 Å². The van der Waals surface area contributed by atoms with Gasteiger partial charge in [-0.1, -0.05) is 6.07 Å². The van der Waals surface area contributed by atoms with E-state index in [1.807, 2.05) is 32.0 Å². The minimum atomic E-state index is 0.195. The Bertz CT molecular complexity index is 455. The summed E-state index contributed by atoms with van der Waals surface area (Å²) in [5, 5.41) is 2.97. The fourth-order valence-corrected chi connectivity index (χ4v) is 2.07. The summed E-state index contributed by atoms with van der Waals surface area (Å²) in [4.78, 5) is 11.5. The normalized spacial score (nSPS) is 13.9. The van der Waals surface area contributed by atoms with Gasteiger partial charge in [-0.05, 0) is 50.8 Å². The van der Waals surface area contributed by atoms with Crippen LogP contribution in [0.15, 0.2) is 18.2 Å². The van der Waals surface area contributed by atoms with Crippen LogP contribution in [0.1, 0.15) is 32.3 Å². The van der Waals surface area contributed by atoms with Gasteiger partial charge in [0.25, 0.3) is 0 Å². The van der Waals surface area contributed by atoms with Gasteiger partial charge in [0, 0.05) is 12.5 Å². The van der Waals surface area contributed by atoms with Crippen molar-refractivity contribution in [1.82, 2.24) is 5.32 Å². The molecule has 4 heteroatoms. The third-order valence-electron chi connectivity index (χ3n) is 3.27. The lowest BCUT2D eigenvalue weighted by atomic mass is 10.1. The first-order valence-electron chi connectivity index (χ1n) is 7.40. The zero-order chi connectivity index (χ0) is 14.4. The minimum Gasteiger partial charge on any atom is -0.490 e. The lowest BCUT2D eigenvalue weighted by Gasteiger charge is -2.12. The molecule has 0 saturated heterocycles. The number of nitrogens with one attached hydrogen (secondary N) is 1. The van der Waals surface area contributed by atoms with Gasteiger partial charge in [0.15, 0.2) is 11.5 Å². The Balaban J connectivity index is 1.89. The van der Waals surface area contributed by atoms with Crippen LogP contribution >= 0.6 is 0 Å². The van der Waals surface area contributed by atoms with E-state index >= 15 is 0 Å². The first-order chi connectivity index (χ1) is 9.74. The van der Waals surface area contributed by atoms with E-state index in [9.17, 15) is 4.79 Å². The van der Waals surface area contributed by atoms with Gasteiger partial charge in [0.05, 0.1) is 13.2 Å². The first-order valence-corrected chi connectivity index (χ1v) is 7.40. The molecule has 1 aliphatic carbocycles. The second kappa shape index (κ2) is 7.17. The van der Waals surface area contributed by atoms with Crippen LogP contribution in [0.4, 0.5) is 0 Å². The van der Waals surface area contributed by atoms with Crippen LogP contribution in [0.5, 0.6) is 11.5 Å². The molecule has 0 atom stereocenters. The van der Waals surface area contributed by atoms with Crippen LogP contribution in [0.25, 0.3) is 0 Å². The van der Waals surface area contributed by atoms with Crippen molar-refractivity contribution >= 4 is 5.91 Å². The van der Waals surface area contributed by atoms with Gasteiger partial charge in [-0.3, -0.25) is 4.79 Å². The van der Waals surface area contributed by atoms with Crippen molar-refractivity contribution in [3.8, 4) is 11.5 Å². The predicted octanol–water partition coefficient (Wildman–Crippen LogP) is 2.55. The Labute approximate surface area is 120 Å². The van der Waals surface area contributed by atoms with E-state index in [2.05, 4.69) is 5.32 Å². The molecule has 110 valence electrons. The number of carbonyl (C=O) groups is 1. The maximum Gasteiger partial charge on any atom is 0.223 e. The second-order valence-electron chi connectivity index (χ2n) is 4.96. The minimum absolute atomic E-state index is 0.195. The number of carbonyl (C=O) groups excluding carboxylic acids is 1. The van der Waals surface area contributed by atoms with E-state index in [-0.39, 0.29) is 11.8 Å². The van der Waals surface area contributed by atoms with Crippen LogP contribution < -0.4 is 14.8 Å². The number of rotatable bonds is 8. The lowest BCUT2D eigenvalue weighted by Crippen LogP contribution is -2.26. The molecule has 0 heterocycles. The van der Waals surface area contributed by atoms with Gasteiger partial charge in [0.1, 0.15) is 0 Å². The van der Waals surface area contributed by atoms with Crippen molar-refractivity contribution in [1.29, 1.82) is 0 Å². The number of hydrogen-bond acceptors (Lipinski definition) is 3. The van der Waals surface area contributed by atoms with Gasteiger partial charge >= 0.3 is 0 Å². The quantitative estimate of drug-likeness (QED) is 0.794. The molecule has 0 aliphatic heterocycles. The van der Waals surface area contributed by atoms with Crippen molar-refractivity contribution in [2.75, 3.05) is 19.8 Å². The SMILES string of the molecule is CCOc1ccc(CCNC(=O)C2CC2)cc1OCC. The Morgan fingerprint density at radius 1 is 1.20 bits per heavy atom. The molecular formula is C16H23NO3. The van der Waals surface area contributed by atoms with Crippen LogP contribution in [-0.2, 0) is 11.2 Å². The molecule has 1 saturated carbocycles. The molecule has 1 aromatic carbocycles. The van der Waals surface area contributed by atoms with E-state index in [0.29, 0.717) is 19.8 Å². The zero-order valence-electron chi connectivity index (χ0n) is 12.3. The molecule has 2 rings (SSSR count). The maximum absolute atomic E-state index is 11.5. The Kier molecular flexibility index (Phi) is 5.27. The number of hydrogen-bond donors (Lipinski definition) is 1. The zero-order valence-corrected chi connectivity index (χ0v) is 12.3. The fraction of sp³-hybridized carbons (Fsp3) is 0.562. The first kappa shape index (κ1) is 14.7. The second-order valence-corrected chi connectivity index (χ2v) is 4.96. The number of amides is 1. The smallest absolute Gasteiger partial charge is 0.223 e. The average Bonchev–Trinajstić information content (AvgIpc) is 3.26. The molecule has 0 aromatic heterocycles. The molecule has 0 bridgehead atoms. The monoisotopic (exact) mass is 277 g/mol. The largest absolute Gasteiger partial charge is 0.490 e. The Morgan fingerprint density at radius 3 is 2.55 bits per heavy atom. The highest BCUT2D eigenvalue weighted by atomic mass is 16.5. The van der Waals surface area contributed by atoms with E-state index in [0.717, 1.165) is 36.3 Å². The third kappa shape index (κ3) is 4.15. The summed E-state index contributed by atoms with van der Waals surface area (Å²) in [5.74, 6) is 2.02. The fourth-order valence-electron chi connectivity index (χ4n) is 2.07. The lowest BCUT2D eigenvalue weighted by molar-refractivity contribution is -0.122. The van der Waals surface area contributed by atoms with Crippen LogP contribution in [0, 0.1) is 5.92 Å². The molecule has 1 amide bonds. The Hall–Kier alpha value is -1.71. The van der Waals surface area contributed by atoms with Crippen LogP contribution in [0.3, 0.4) is 0 Å². The molecule has 0 spiro atoms. The van der Waals surface area contributed by atoms with Gasteiger partial charge in [-0.2, -0.15) is 0 Å². The summed E-state index contributed by atoms with van der Waals surface area (Å²) in [5.41, 5.74) is 1.15. The van der Waals surface area contributed by atoms with Gasteiger partial charge in [0.2, 0.25) is 5.91 Å². The van der Waals surface area contributed by atoms with E-state index in [1.165, 1.54) is 0 Å². The molecule has 0 radical (unpaired) electrons. The van der Waals surface area contributed by atoms with Crippen molar-refractivity contribution in [2.24, 2.45) is 5.92 Å². The molecule has 1 aromatic rings.